The van der Waals surface area contributed by atoms with Crippen LogP contribution in [-0.4, -0.2) is 46.4 Å². The van der Waals surface area contributed by atoms with E-state index < -0.39 is 21.9 Å². The zero-order valence-corrected chi connectivity index (χ0v) is 10.8. The van der Waals surface area contributed by atoms with Gasteiger partial charge in [-0.1, -0.05) is 0 Å². The molecule has 1 atom stereocenters. The maximum atomic E-state index is 12.2. The van der Waals surface area contributed by atoms with Gasteiger partial charge in [0.2, 0.25) is 0 Å². The maximum absolute atomic E-state index is 12.2. The Hall–Kier alpha value is -1.41. The Morgan fingerprint density at radius 2 is 2.33 bits per heavy atom. The van der Waals surface area contributed by atoms with E-state index in [-0.39, 0.29) is 18.1 Å². The van der Waals surface area contributed by atoms with Crippen LogP contribution in [0.5, 0.6) is 0 Å². The zero-order chi connectivity index (χ0) is 13.3. The first kappa shape index (κ1) is 13.0. The molecule has 0 spiro atoms. The van der Waals surface area contributed by atoms with Gasteiger partial charge in [0, 0.05) is 25.8 Å². The van der Waals surface area contributed by atoms with E-state index in [1.54, 1.807) is 4.57 Å². The van der Waals surface area contributed by atoms with Gasteiger partial charge in [0.05, 0.1) is 12.2 Å². The zero-order valence-electron chi connectivity index (χ0n) is 9.98. The Labute approximate surface area is 105 Å². The minimum atomic E-state index is -3.66. The molecule has 0 aromatic carbocycles. The summed E-state index contributed by atoms with van der Waals surface area (Å²) in [7, 11) is -3.66. The molecule has 0 amide bonds. The van der Waals surface area contributed by atoms with Crippen molar-refractivity contribution in [2.75, 3.05) is 13.1 Å². The first-order chi connectivity index (χ1) is 8.45. The van der Waals surface area contributed by atoms with Crippen LogP contribution in [0.3, 0.4) is 0 Å². The number of carboxylic acid groups (broad SMARTS) is 1. The molecular formula is C10H15N3O4S. The average molecular weight is 273 g/mol. The molecular weight excluding hydrogens is 258 g/mol. The van der Waals surface area contributed by atoms with Crippen LogP contribution in [0.1, 0.15) is 13.3 Å². The van der Waals surface area contributed by atoms with Crippen molar-refractivity contribution in [2.45, 2.75) is 24.9 Å². The molecule has 0 bridgehead atoms. The molecule has 1 aliphatic heterocycles. The fourth-order valence-corrected chi connectivity index (χ4v) is 3.36. The van der Waals surface area contributed by atoms with Gasteiger partial charge in [0.1, 0.15) is 0 Å². The molecule has 8 heteroatoms. The quantitative estimate of drug-likeness (QED) is 0.833. The molecule has 1 aliphatic rings. The highest BCUT2D eigenvalue weighted by Gasteiger charge is 2.36. The highest BCUT2D eigenvalue weighted by molar-refractivity contribution is 7.89. The summed E-state index contributed by atoms with van der Waals surface area (Å²) in [6.45, 7) is 2.78. The standard InChI is InChI=1S/C10H15N3O4S/c1-2-12-6-9(11-7-12)18(16,17)13-4-3-8(5-13)10(14)15/h6-8H,2-5H2,1H3,(H,14,15)/t8-/m1/s1. The summed E-state index contributed by atoms with van der Waals surface area (Å²) in [5.74, 6) is -1.57. The Bertz CT molecular complexity index is 551. The van der Waals surface area contributed by atoms with Crippen LogP contribution in [0.4, 0.5) is 0 Å². The van der Waals surface area contributed by atoms with Gasteiger partial charge in [-0.05, 0) is 13.3 Å². The van der Waals surface area contributed by atoms with Crippen molar-refractivity contribution in [3.63, 3.8) is 0 Å². The van der Waals surface area contributed by atoms with Crippen molar-refractivity contribution in [1.82, 2.24) is 13.9 Å². The predicted molar refractivity (Wildman–Crippen MR) is 62.4 cm³/mol. The Balaban J connectivity index is 2.20. The number of hydrogen-bond donors (Lipinski definition) is 1. The van der Waals surface area contributed by atoms with Crippen LogP contribution in [0, 0.1) is 5.92 Å². The van der Waals surface area contributed by atoms with E-state index in [1.807, 2.05) is 6.92 Å². The summed E-state index contributed by atoms with van der Waals surface area (Å²) in [6.07, 6.45) is 3.27. The summed E-state index contributed by atoms with van der Waals surface area (Å²) in [4.78, 5) is 14.7. The van der Waals surface area contributed by atoms with Gasteiger partial charge < -0.3 is 9.67 Å². The third-order valence-corrected chi connectivity index (χ3v) is 4.83. The highest BCUT2D eigenvalue weighted by atomic mass is 32.2. The van der Waals surface area contributed by atoms with Gasteiger partial charge in [-0.15, -0.1) is 0 Å². The van der Waals surface area contributed by atoms with E-state index in [4.69, 9.17) is 5.11 Å². The van der Waals surface area contributed by atoms with E-state index in [2.05, 4.69) is 4.98 Å². The van der Waals surface area contributed by atoms with Gasteiger partial charge >= 0.3 is 5.97 Å². The lowest BCUT2D eigenvalue weighted by Gasteiger charge is -2.13. The van der Waals surface area contributed by atoms with E-state index in [1.165, 1.54) is 16.8 Å². The van der Waals surface area contributed by atoms with Crippen molar-refractivity contribution >= 4 is 16.0 Å². The first-order valence-electron chi connectivity index (χ1n) is 5.70. The summed E-state index contributed by atoms with van der Waals surface area (Å²) < 4.78 is 27.2. The van der Waals surface area contributed by atoms with Gasteiger partial charge in [0.25, 0.3) is 10.0 Å². The number of carbonyl (C=O) groups is 1. The summed E-state index contributed by atoms with van der Waals surface area (Å²) >= 11 is 0. The number of nitrogens with zero attached hydrogens (tertiary/aromatic N) is 3. The number of aliphatic carboxylic acids is 1. The number of hydrogen-bond acceptors (Lipinski definition) is 4. The van der Waals surface area contributed by atoms with Crippen LogP contribution < -0.4 is 0 Å². The number of carboxylic acids is 1. The van der Waals surface area contributed by atoms with Crippen molar-refractivity contribution in [2.24, 2.45) is 5.92 Å². The fourth-order valence-electron chi connectivity index (χ4n) is 1.93. The number of rotatable bonds is 4. The third kappa shape index (κ3) is 2.25. The third-order valence-electron chi connectivity index (χ3n) is 3.08. The summed E-state index contributed by atoms with van der Waals surface area (Å²) in [5, 5.41) is 8.85. The van der Waals surface area contributed by atoms with E-state index >= 15 is 0 Å². The van der Waals surface area contributed by atoms with E-state index in [0.29, 0.717) is 13.0 Å². The molecule has 0 aliphatic carbocycles. The molecule has 0 unspecified atom stereocenters. The highest BCUT2D eigenvalue weighted by Crippen LogP contribution is 2.23. The van der Waals surface area contributed by atoms with Crippen molar-refractivity contribution in [3.8, 4) is 0 Å². The first-order valence-corrected chi connectivity index (χ1v) is 7.14. The summed E-state index contributed by atoms with van der Waals surface area (Å²) in [5.41, 5.74) is 0. The normalized spacial score (nSPS) is 21.3. The molecule has 7 nitrogen and oxygen atoms in total. The van der Waals surface area contributed by atoms with Crippen LogP contribution in [0.25, 0.3) is 0 Å². The van der Waals surface area contributed by atoms with Crippen molar-refractivity contribution < 1.29 is 18.3 Å². The van der Waals surface area contributed by atoms with Crippen molar-refractivity contribution in [1.29, 1.82) is 0 Å². The lowest BCUT2D eigenvalue weighted by Crippen LogP contribution is -2.30. The number of aryl methyl sites for hydroxylation is 1. The monoisotopic (exact) mass is 273 g/mol. The van der Waals surface area contributed by atoms with Crippen molar-refractivity contribution in [3.05, 3.63) is 12.5 Å². The number of sulfonamides is 1. The average Bonchev–Trinajstić information content (AvgIpc) is 2.98. The molecule has 1 fully saturated rings. The van der Waals surface area contributed by atoms with Crippen LogP contribution in [0.15, 0.2) is 17.6 Å². The van der Waals surface area contributed by atoms with E-state index in [9.17, 15) is 13.2 Å². The molecule has 2 rings (SSSR count). The number of aromatic nitrogens is 2. The second-order valence-corrected chi connectivity index (χ2v) is 6.11. The minimum Gasteiger partial charge on any atom is -0.481 e. The van der Waals surface area contributed by atoms with Crippen LogP contribution in [0.2, 0.25) is 0 Å². The van der Waals surface area contributed by atoms with Gasteiger partial charge in [-0.25, -0.2) is 13.4 Å². The Morgan fingerprint density at radius 3 is 2.83 bits per heavy atom. The maximum Gasteiger partial charge on any atom is 0.307 e. The minimum absolute atomic E-state index is 0.0182. The largest absolute Gasteiger partial charge is 0.481 e. The molecule has 100 valence electrons. The molecule has 1 aromatic rings. The second kappa shape index (κ2) is 4.69. The van der Waals surface area contributed by atoms with Crippen LogP contribution >= 0.6 is 0 Å². The molecule has 1 aromatic heterocycles. The molecule has 0 saturated carbocycles. The Kier molecular flexibility index (Phi) is 3.40. The Morgan fingerprint density at radius 1 is 1.61 bits per heavy atom. The lowest BCUT2D eigenvalue weighted by molar-refractivity contribution is -0.141. The molecule has 0 radical (unpaired) electrons. The summed E-state index contributed by atoms with van der Waals surface area (Å²) in [6, 6.07) is 0. The second-order valence-electron chi connectivity index (χ2n) is 4.23. The smallest absolute Gasteiger partial charge is 0.307 e. The molecule has 1 saturated heterocycles. The predicted octanol–water partition coefficient (Wildman–Crippen LogP) is -0.00180. The van der Waals surface area contributed by atoms with Gasteiger partial charge in [-0.3, -0.25) is 4.79 Å². The SMILES string of the molecule is CCn1cnc(S(=O)(=O)N2CC[C@@H](C(=O)O)C2)c1. The van der Waals surface area contributed by atoms with Gasteiger partial charge in [0.15, 0.2) is 5.03 Å². The lowest BCUT2D eigenvalue weighted by atomic mass is 10.1. The fraction of sp³-hybridized carbons (Fsp3) is 0.600. The van der Waals surface area contributed by atoms with Crippen LogP contribution in [-0.2, 0) is 21.4 Å². The van der Waals surface area contributed by atoms with Gasteiger partial charge in [-0.2, -0.15) is 4.31 Å². The topological polar surface area (TPSA) is 92.5 Å². The molecule has 2 heterocycles. The van der Waals surface area contributed by atoms with E-state index in [0.717, 1.165) is 0 Å². The number of imidazole rings is 1. The molecule has 18 heavy (non-hydrogen) atoms. The molecule has 1 N–H and O–H groups in total.